The molecule has 0 bridgehead atoms. The van der Waals surface area contributed by atoms with Gasteiger partial charge in [0.1, 0.15) is 5.75 Å². The number of urea groups is 1. The number of carbonyl (C=O) groups is 2. The predicted molar refractivity (Wildman–Crippen MR) is 136 cm³/mol. The molecular formula is C26H38N4O4. The molecule has 1 unspecified atom stereocenters. The van der Waals surface area contributed by atoms with E-state index in [1.807, 2.05) is 24.3 Å². The number of guanidine groups is 1. The Kier molecular flexibility index (Phi) is 10.2. The van der Waals surface area contributed by atoms with Crippen LogP contribution < -0.4 is 20.7 Å². The average Bonchev–Trinajstić information content (AvgIpc) is 2.80. The quantitative estimate of drug-likeness (QED) is 0.295. The Balaban J connectivity index is 2.03. The second-order valence-corrected chi connectivity index (χ2v) is 9.75. The van der Waals surface area contributed by atoms with E-state index in [0.29, 0.717) is 19.1 Å². The summed E-state index contributed by atoms with van der Waals surface area (Å²) in [6, 6.07) is 7.04. The number of esters is 1. The number of methoxy groups -OCH3 is 1. The van der Waals surface area contributed by atoms with Crippen LogP contribution in [0, 0.1) is 17.3 Å². The second-order valence-electron chi connectivity index (χ2n) is 9.75. The number of nitrogens with zero attached hydrogens (tertiary/aromatic N) is 1. The van der Waals surface area contributed by atoms with E-state index in [9.17, 15) is 9.59 Å². The van der Waals surface area contributed by atoms with Crippen molar-refractivity contribution in [2.75, 3.05) is 32.1 Å². The first-order valence-electron chi connectivity index (χ1n) is 11.6. The number of carbonyl (C=O) groups excluding carboxylic acids is 2. The van der Waals surface area contributed by atoms with Crippen molar-refractivity contribution in [3.05, 3.63) is 48.1 Å². The molecule has 0 spiro atoms. The van der Waals surface area contributed by atoms with Crippen LogP contribution in [0.3, 0.4) is 0 Å². The highest BCUT2D eigenvalue weighted by Gasteiger charge is 2.16. The number of rotatable bonds is 8. The maximum atomic E-state index is 12.4. The number of amides is 2. The highest BCUT2D eigenvalue weighted by molar-refractivity contribution is 6.03. The number of allylic oxidation sites excluding steroid dienone is 3. The number of nitrogens with one attached hydrogen (secondary N) is 3. The van der Waals surface area contributed by atoms with Gasteiger partial charge in [-0.3, -0.25) is 15.1 Å². The van der Waals surface area contributed by atoms with Crippen molar-refractivity contribution < 1.29 is 19.1 Å². The van der Waals surface area contributed by atoms with Gasteiger partial charge in [0, 0.05) is 24.7 Å². The Morgan fingerprint density at radius 2 is 1.91 bits per heavy atom. The van der Waals surface area contributed by atoms with Crippen LogP contribution in [0.1, 0.15) is 41.0 Å². The van der Waals surface area contributed by atoms with Crippen molar-refractivity contribution in [2.45, 2.75) is 41.0 Å². The normalized spacial score (nSPS) is 16.8. The van der Waals surface area contributed by atoms with Crippen molar-refractivity contribution in [1.29, 1.82) is 0 Å². The minimum absolute atomic E-state index is 0.0701. The fourth-order valence-electron chi connectivity index (χ4n) is 2.98. The minimum atomic E-state index is -0.456. The largest absolute Gasteiger partial charge is 0.493 e. The molecule has 3 N–H and O–H groups in total. The number of benzene rings is 1. The molecule has 0 radical (unpaired) electrons. The second kappa shape index (κ2) is 12.8. The van der Waals surface area contributed by atoms with Gasteiger partial charge < -0.3 is 20.1 Å². The van der Waals surface area contributed by atoms with Gasteiger partial charge in [0.2, 0.25) is 5.96 Å². The fraction of sp³-hybridized carbons (Fsp3) is 0.500. The zero-order chi connectivity index (χ0) is 25.1. The third-order valence-corrected chi connectivity index (χ3v) is 5.05. The molecule has 34 heavy (non-hydrogen) atoms. The topological polar surface area (TPSA) is 101 Å². The standard InChI is InChI=1S/C26H38N4O4/c1-18-7-9-20(10-8-18)16-27-24(30-25(32)28-15-19(2)23(31)33-6)29-21-11-13-22(14-12-21)34-17-26(3,4)5/h7-9,11-14,19-20H,10,15-17H2,1-6H3,(H3,27,28,29,30,32)/t19-,20?/m0/s1. The Bertz CT molecular complexity index is 914. The van der Waals surface area contributed by atoms with Gasteiger partial charge in [-0.05, 0) is 43.0 Å². The molecule has 0 fully saturated rings. The molecule has 186 valence electrons. The molecule has 2 rings (SSSR count). The third kappa shape index (κ3) is 10.1. The van der Waals surface area contributed by atoms with Crippen molar-refractivity contribution >= 4 is 23.6 Å². The first kappa shape index (κ1) is 27.0. The number of aliphatic imine (C=N–C) groups is 1. The van der Waals surface area contributed by atoms with E-state index in [1.54, 1.807) is 6.92 Å². The number of hydrogen-bond donors (Lipinski definition) is 3. The van der Waals surface area contributed by atoms with Gasteiger partial charge in [-0.1, -0.05) is 51.5 Å². The molecular weight excluding hydrogens is 432 g/mol. The molecule has 2 amide bonds. The van der Waals surface area contributed by atoms with E-state index in [-0.39, 0.29) is 23.8 Å². The smallest absolute Gasteiger partial charge is 0.321 e. The Hall–Kier alpha value is -3.29. The van der Waals surface area contributed by atoms with Crippen molar-refractivity contribution in [3.63, 3.8) is 0 Å². The van der Waals surface area contributed by atoms with Crippen molar-refractivity contribution in [3.8, 4) is 5.75 Å². The summed E-state index contributed by atoms with van der Waals surface area (Å²) in [6.07, 6.45) is 7.30. The maximum absolute atomic E-state index is 12.4. The third-order valence-electron chi connectivity index (χ3n) is 5.05. The molecule has 1 aromatic carbocycles. The van der Waals surface area contributed by atoms with Gasteiger partial charge in [-0.25, -0.2) is 4.79 Å². The summed E-state index contributed by atoms with van der Waals surface area (Å²) in [7, 11) is 1.32. The molecule has 1 aliphatic rings. The molecule has 8 nitrogen and oxygen atoms in total. The zero-order valence-corrected chi connectivity index (χ0v) is 21.1. The van der Waals surface area contributed by atoms with E-state index in [0.717, 1.165) is 17.9 Å². The van der Waals surface area contributed by atoms with Gasteiger partial charge in [0.05, 0.1) is 19.6 Å². The molecule has 0 heterocycles. The molecule has 0 aliphatic heterocycles. The van der Waals surface area contributed by atoms with E-state index < -0.39 is 11.9 Å². The predicted octanol–water partition coefficient (Wildman–Crippen LogP) is 4.51. The van der Waals surface area contributed by atoms with Crippen molar-refractivity contribution in [2.24, 2.45) is 22.2 Å². The Labute approximate surface area is 202 Å². The first-order chi connectivity index (χ1) is 16.1. The molecule has 0 saturated carbocycles. The van der Waals surface area contributed by atoms with Crippen molar-refractivity contribution in [1.82, 2.24) is 10.6 Å². The van der Waals surface area contributed by atoms with Gasteiger partial charge in [0.25, 0.3) is 0 Å². The summed E-state index contributed by atoms with van der Waals surface area (Å²) in [5.74, 6) is 0.528. The average molecular weight is 471 g/mol. The SMILES string of the molecule is COC(=O)[C@@H](C)CNC(=O)NC(=NCC1C=CC(C)=CC1)Nc1ccc(OCC(C)(C)C)cc1. The molecule has 2 atom stereocenters. The van der Waals surface area contributed by atoms with E-state index in [4.69, 9.17) is 9.47 Å². The molecule has 0 aromatic heterocycles. The van der Waals surface area contributed by atoms with Crippen LogP contribution in [0.4, 0.5) is 10.5 Å². The van der Waals surface area contributed by atoms with Crippen LogP contribution in [0.5, 0.6) is 5.75 Å². The highest BCUT2D eigenvalue weighted by atomic mass is 16.5. The summed E-state index contributed by atoms with van der Waals surface area (Å²) < 4.78 is 10.5. The van der Waals surface area contributed by atoms with Crippen LogP contribution in [-0.2, 0) is 9.53 Å². The lowest BCUT2D eigenvalue weighted by Crippen LogP contribution is -2.45. The molecule has 8 heteroatoms. The highest BCUT2D eigenvalue weighted by Crippen LogP contribution is 2.20. The molecule has 0 saturated heterocycles. The maximum Gasteiger partial charge on any atom is 0.321 e. The Morgan fingerprint density at radius 1 is 1.21 bits per heavy atom. The van der Waals surface area contributed by atoms with E-state index in [1.165, 1.54) is 12.7 Å². The van der Waals surface area contributed by atoms with E-state index in [2.05, 4.69) is 66.9 Å². The van der Waals surface area contributed by atoms with Crippen LogP contribution in [0.15, 0.2) is 53.1 Å². The Morgan fingerprint density at radius 3 is 2.50 bits per heavy atom. The van der Waals surface area contributed by atoms with Crippen LogP contribution >= 0.6 is 0 Å². The monoisotopic (exact) mass is 470 g/mol. The number of hydrogen-bond acceptors (Lipinski definition) is 5. The van der Waals surface area contributed by atoms with Gasteiger partial charge in [-0.2, -0.15) is 0 Å². The molecule has 1 aliphatic carbocycles. The first-order valence-corrected chi connectivity index (χ1v) is 11.6. The lowest BCUT2D eigenvalue weighted by Gasteiger charge is -2.19. The van der Waals surface area contributed by atoms with Gasteiger partial charge >= 0.3 is 12.0 Å². The number of ether oxygens (including phenoxy) is 2. The van der Waals surface area contributed by atoms with Crippen LogP contribution in [0.25, 0.3) is 0 Å². The summed E-state index contributed by atoms with van der Waals surface area (Å²) in [5, 5.41) is 8.60. The van der Waals surface area contributed by atoms with Crippen LogP contribution in [-0.4, -0.2) is 44.8 Å². The lowest BCUT2D eigenvalue weighted by molar-refractivity contribution is -0.144. The fourth-order valence-corrected chi connectivity index (χ4v) is 2.98. The van der Waals surface area contributed by atoms with E-state index >= 15 is 0 Å². The summed E-state index contributed by atoms with van der Waals surface area (Å²) >= 11 is 0. The summed E-state index contributed by atoms with van der Waals surface area (Å²) in [4.78, 5) is 28.6. The summed E-state index contributed by atoms with van der Waals surface area (Å²) in [6.45, 7) is 11.4. The lowest BCUT2D eigenvalue weighted by atomic mass is 9.98. The van der Waals surface area contributed by atoms with Gasteiger partial charge in [0.15, 0.2) is 0 Å². The number of anilines is 1. The van der Waals surface area contributed by atoms with Gasteiger partial charge in [-0.15, -0.1) is 0 Å². The minimum Gasteiger partial charge on any atom is -0.493 e. The zero-order valence-electron chi connectivity index (χ0n) is 21.1. The summed E-state index contributed by atoms with van der Waals surface area (Å²) in [5.41, 5.74) is 2.07. The van der Waals surface area contributed by atoms with Crippen LogP contribution in [0.2, 0.25) is 0 Å². The molecule has 1 aromatic rings.